The topological polar surface area (TPSA) is 145 Å². The van der Waals surface area contributed by atoms with Crippen molar-refractivity contribution in [3.63, 3.8) is 0 Å². The third kappa shape index (κ3) is 6.90. The lowest BCUT2D eigenvalue weighted by Gasteiger charge is -2.36. The molecule has 196 valence electrons. The van der Waals surface area contributed by atoms with Gasteiger partial charge in [0.25, 0.3) is 11.4 Å². The molecule has 0 aromatic heterocycles. The number of non-ortho nitro benzene ring substituents is 2. The summed E-state index contributed by atoms with van der Waals surface area (Å²) < 4.78 is 5.38. The lowest BCUT2D eigenvalue weighted by atomic mass is 9.87. The van der Waals surface area contributed by atoms with Gasteiger partial charge in [-0.1, -0.05) is 0 Å². The Bertz CT molecular complexity index is 1190. The molecule has 1 aliphatic rings. The van der Waals surface area contributed by atoms with Gasteiger partial charge in [0, 0.05) is 49.3 Å². The van der Waals surface area contributed by atoms with E-state index in [1.165, 1.54) is 46.4 Å². The van der Waals surface area contributed by atoms with Crippen molar-refractivity contribution in [3.8, 4) is 0 Å². The predicted octanol–water partition coefficient (Wildman–Crippen LogP) is 4.41. The number of carbonyl (C=O) groups is 1. The zero-order valence-corrected chi connectivity index (χ0v) is 20.8. The van der Waals surface area contributed by atoms with Crippen LogP contribution in [-0.4, -0.2) is 51.0 Å². The molecule has 2 aromatic rings. The molecule has 1 fully saturated rings. The van der Waals surface area contributed by atoms with Crippen LogP contribution < -0.4 is 0 Å². The second-order valence-corrected chi connectivity index (χ2v) is 9.33. The minimum atomic E-state index is -0.673. The van der Waals surface area contributed by atoms with Gasteiger partial charge in [0.05, 0.1) is 16.5 Å². The molecule has 0 spiro atoms. The van der Waals surface area contributed by atoms with Crippen LogP contribution in [0.25, 0.3) is 0 Å². The number of hydroxylamine groups is 2. The van der Waals surface area contributed by atoms with Crippen LogP contribution in [0, 0.1) is 26.1 Å². The first-order valence-corrected chi connectivity index (χ1v) is 11.5. The molecular weight excluding hydrogens is 484 g/mol. The van der Waals surface area contributed by atoms with Gasteiger partial charge < -0.3 is 9.64 Å². The van der Waals surface area contributed by atoms with Crippen LogP contribution in [0.1, 0.15) is 37.8 Å². The first kappa shape index (κ1) is 27.3. The highest BCUT2D eigenvalue weighted by Gasteiger charge is 2.38. The number of rotatable bonds is 10. The molecule has 37 heavy (non-hydrogen) atoms. The molecule has 1 unspecified atom stereocenters. The van der Waals surface area contributed by atoms with Crippen molar-refractivity contribution in [2.45, 2.75) is 45.4 Å². The third-order valence-electron chi connectivity index (χ3n) is 6.41. The monoisotopic (exact) mass is 512 g/mol. The zero-order chi connectivity index (χ0) is 27.2. The SMILES string of the molecule is CN(C(=O)OCc1ccc([N+](=O)[O-])cc1)C(C)(C)CC1CCN(OCc2ccc([N+](=O)[O-])cc2)C1=C=O. The molecule has 0 aliphatic carbocycles. The summed E-state index contributed by atoms with van der Waals surface area (Å²) in [6.07, 6.45) is 0.516. The van der Waals surface area contributed by atoms with E-state index in [4.69, 9.17) is 9.57 Å². The zero-order valence-electron chi connectivity index (χ0n) is 20.8. The largest absolute Gasteiger partial charge is 0.445 e. The summed E-state index contributed by atoms with van der Waals surface area (Å²) in [5.41, 5.74) is 0.949. The van der Waals surface area contributed by atoms with Crippen LogP contribution in [0.2, 0.25) is 0 Å². The quantitative estimate of drug-likeness (QED) is 0.257. The average molecular weight is 513 g/mol. The van der Waals surface area contributed by atoms with E-state index in [2.05, 4.69) is 0 Å². The predicted molar refractivity (Wildman–Crippen MR) is 132 cm³/mol. The lowest BCUT2D eigenvalue weighted by molar-refractivity contribution is -0.385. The summed E-state index contributed by atoms with van der Waals surface area (Å²) in [7, 11) is 1.61. The van der Waals surface area contributed by atoms with Gasteiger partial charge in [-0.15, -0.1) is 0 Å². The molecule has 12 nitrogen and oxygen atoms in total. The first-order valence-electron chi connectivity index (χ1n) is 11.5. The van der Waals surface area contributed by atoms with Gasteiger partial charge in [0.2, 0.25) is 0 Å². The van der Waals surface area contributed by atoms with Crippen molar-refractivity contribution in [2.24, 2.45) is 5.92 Å². The van der Waals surface area contributed by atoms with Crippen LogP contribution in [0.15, 0.2) is 54.2 Å². The number of hydrogen-bond donors (Lipinski definition) is 0. The number of carbonyl (C=O) groups excluding carboxylic acids is 2. The number of allylic oxidation sites excluding steroid dienone is 1. The fourth-order valence-corrected chi connectivity index (χ4v) is 4.01. The first-order chi connectivity index (χ1) is 17.5. The summed E-state index contributed by atoms with van der Waals surface area (Å²) in [5, 5.41) is 23.1. The summed E-state index contributed by atoms with van der Waals surface area (Å²) in [6, 6.07) is 11.7. The Morgan fingerprint density at radius 3 is 2.03 bits per heavy atom. The fourth-order valence-electron chi connectivity index (χ4n) is 4.01. The highest BCUT2D eigenvalue weighted by Crippen LogP contribution is 2.35. The third-order valence-corrected chi connectivity index (χ3v) is 6.41. The maximum atomic E-state index is 12.7. The number of benzene rings is 2. The van der Waals surface area contributed by atoms with Crippen molar-refractivity contribution in [1.82, 2.24) is 9.96 Å². The Balaban J connectivity index is 1.54. The van der Waals surface area contributed by atoms with Gasteiger partial charge in [-0.2, -0.15) is 0 Å². The number of ether oxygens (including phenoxy) is 1. The molecule has 1 aliphatic heterocycles. The Labute approximate surface area is 213 Å². The maximum absolute atomic E-state index is 12.7. The fraction of sp³-hybridized carbons (Fsp3) is 0.400. The Morgan fingerprint density at radius 2 is 1.54 bits per heavy atom. The van der Waals surface area contributed by atoms with E-state index in [0.717, 1.165) is 5.56 Å². The van der Waals surface area contributed by atoms with Crippen LogP contribution >= 0.6 is 0 Å². The second-order valence-electron chi connectivity index (χ2n) is 9.33. The lowest BCUT2D eigenvalue weighted by Crippen LogP contribution is -2.46. The molecule has 1 amide bonds. The van der Waals surface area contributed by atoms with E-state index in [9.17, 15) is 29.8 Å². The van der Waals surface area contributed by atoms with Crippen LogP contribution in [0.4, 0.5) is 16.2 Å². The molecule has 3 rings (SSSR count). The summed E-state index contributed by atoms with van der Waals surface area (Å²) >= 11 is 0. The van der Waals surface area contributed by atoms with Gasteiger partial charge in [0.1, 0.15) is 18.2 Å². The standard InChI is InChI=1S/C25H28N4O8/c1-25(2,26(3)24(31)36-16-18-4-8-21(9-5-18)28(32)33)14-20-12-13-27(23(20)15-30)37-17-19-6-10-22(11-7-19)29(34)35/h4-11,20H,12-14,16-17H2,1-3H3. The molecule has 1 heterocycles. The van der Waals surface area contributed by atoms with Gasteiger partial charge >= 0.3 is 6.09 Å². The summed E-state index contributed by atoms with van der Waals surface area (Å²) in [4.78, 5) is 52.3. The van der Waals surface area contributed by atoms with Crippen molar-refractivity contribution >= 4 is 23.4 Å². The van der Waals surface area contributed by atoms with Gasteiger partial charge in [-0.25, -0.2) is 14.7 Å². The van der Waals surface area contributed by atoms with E-state index in [0.29, 0.717) is 30.6 Å². The van der Waals surface area contributed by atoms with Gasteiger partial charge in [-0.05, 0) is 62.1 Å². The maximum Gasteiger partial charge on any atom is 0.410 e. The van der Waals surface area contributed by atoms with Crippen molar-refractivity contribution in [1.29, 1.82) is 0 Å². The van der Waals surface area contributed by atoms with Gasteiger partial charge in [0.15, 0.2) is 0 Å². The molecule has 12 heteroatoms. The Hall–Kier alpha value is -4.28. The second kappa shape index (κ2) is 11.6. The Morgan fingerprint density at radius 1 is 1.03 bits per heavy atom. The number of nitro groups is 2. The molecule has 2 aromatic carbocycles. The van der Waals surface area contributed by atoms with Crippen LogP contribution in [-0.2, 0) is 27.6 Å². The van der Waals surface area contributed by atoms with E-state index in [1.807, 2.05) is 19.8 Å². The Kier molecular flexibility index (Phi) is 8.59. The van der Waals surface area contributed by atoms with Crippen molar-refractivity contribution in [2.75, 3.05) is 13.6 Å². The molecular formula is C25H28N4O8. The molecule has 0 saturated carbocycles. The smallest absolute Gasteiger partial charge is 0.410 e. The van der Waals surface area contributed by atoms with Crippen molar-refractivity contribution in [3.05, 3.63) is 85.6 Å². The summed E-state index contributed by atoms with van der Waals surface area (Å²) in [5.74, 6) is 1.77. The molecule has 0 radical (unpaired) electrons. The van der Waals surface area contributed by atoms with E-state index < -0.39 is 21.5 Å². The van der Waals surface area contributed by atoms with Crippen LogP contribution in [0.5, 0.6) is 0 Å². The molecule has 1 saturated heterocycles. The minimum absolute atomic E-state index is 0.0175. The molecule has 0 N–H and O–H groups in total. The number of amides is 1. The van der Waals surface area contributed by atoms with E-state index >= 15 is 0 Å². The van der Waals surface area contributed by atoms with Crippen molar-refractivity contribution < 1.29 is 29.0 Å². The minimum Gasteiger partial charge on any atom is -0.445 e. The van der Waals surface area contributed by atoms with E-state index in [-0.39, 0.29) is 30.5 Å². The van der Waals surface area contributed by atoms with Gasteiger partial charge in [-0.3, -0.25) is 25.1 Å². The van der Waals surface area contributed by atoms with Crippen LogP contribution in [0.3, 0.4) is 0 Å². The number of nitro benzene ring substituents is 2. The average Bonchev–Trinajstić information content (AvgIpc) is 3.26. The molecule has 1 atom stereocenters. The highest BCUT2D eigenvalue weighted by atomic mass is 16.7. The van der Waals surface area contributed by atoms with E-state index in [1.54, 1.807) is 19.2 Å². The number of nitrogens with zero attached hydrogens (tertiary/aromatic N) is 4. The number of hydrogen-bond acceptors (Lipinski definition) is 9. The summed E-state index contributed by atoms with van der Waals surface area (Å²) in [6.45, 7) is 4.29. The highest BCUT2D eigenvalue weighted by molar-refractivity contribution is 5.68. The molecule has 0 bridgehead atoms. The normalized spacial score (nSPS) is 15.3.